The third kappa shape index (κ3) is 3.98. The molecule has 2 atom stereocenters. The predicted molar refractivity (Wildman–Crippen MR) is 68.6 cm³/mol. The number of nitrogens with zero attached hydrogens (tertiary/aromatic N) is 2. The zero-order valence-electron chi connectivity index (χ0n) is 9.91. The van der Waals surface area contributed by atoms with Crippen molar-refractivity contribution in [2.45, 2.75) is 57.3 Å². The number of hydrogen-bond donors (Lipinski definition) is 0. The Labute approximate surface area is 101 Å². The lowest BCUT2D eigenvalue weighted by molar-refractivity contribution is 0.473. The highest BCUT2D eigenvalue weighted by atomic mass is 79.9. The zero-order valence-corrected chi connectivity index (χ0v) is 11.5. The third-order valence-electron chi connectivity index (χ3n) is 2.86. The SMILES string of the molecule is CCC(Br)CCc1ccn(C(C)CC)n1. The highest BCUT2D eigenvalue weighted by Gasteiger charge is 2.06. The van der Waals surface area contributed by atoms with Gasteiger partial charge in [0.25, 0.3) is 0 Å². The Morgan fingerprint density at radius 1 is 1.40 bits per heavy atom. The Balaban J connectivity index is 2.46. The molecule has 0 bridgehead atoms. The summed E-state index contributed by atoms with van der Waals surface area (Å²) < 4.78 is 2.07. The van der Waals surface area contributed by atoms with Gasteiger partial charge in [0.05, 0.1) is 5.69 Å². The van der Waals surface area contributed by atoms with Crippen molar-refractivity contribution in [2.75, 3.05) is 0 Å². The lowest BCUT2D eigenvalue weighted by atomic mass is 10.2. The van der Waals surface area contributed by atoms with Gasteiger partial charge in [-0.2, -0.15) is 5.10 Å². The summed E-state index contributed by atoms with van der Waals surface area (Å²) in [5.74, 6) is 0. The van der Waals surface area contributed by atoms with Gasteiger partial charge in [0, 0.05) is 17.1 Å². The van der Waals surface area contributed by atoms with E-state index in [1.165, 1.54) is 18.5 Å². The molecule has 1 rings (SSSR count). The minimum absolute atomic E-state index is 0.518. The maximum absolute atomic E-state index is 4.58. The second-order valence-electron chi connectivity index (χ2n) is 4.09. The Morgan fingerprint density at radius 3 is 2.73 bits per heavy atom. The molecule has 15 heavy (non-hydrogen) atoms. The van der Waals surface area contributed by atoms with E-state index < -0.39 is 0 Å². The van der Waals surface area contributed by atoms with Crippen LogP contribution in [0.1, 0.15) is 51.8 Å². The van der Waals surface area contributed by atoms with E-state index in [4.69, 9.17) is 0 Å². The molecule has 1 aromatic rings. The number of aryl methyl sites for hydroxylation is 1. The van der Waals surface area contributed by atoms with E-state index in [0.29, 0.717) is 10.9 Å². The van der Waals surface area contributed by atoms with E-state index in [1.807, 2.05) is 0 Å². The second kappa shape index (κ2) is 6.31. The maximum Gasteiger partial charge on any atom is 0.0625 e. The summed E-state index contributed by atoms with van der Waals surface area (Å²) in [5.41, 5.74) is 1.22. The van der Waals surface area contributed by atoms with Gasteiger partial charge in [-0.15, -0.1) is 0 Å². The summed E-state index contributed by atoms with van der Waals surface area (Å²) >= 11 is 3.65. The highest BCUT2D eigenvalue weighted by Crippen LogP contribution is 2.14. The van der Waals surface area contributed by atoms with Crippen molar-refractivity contribution in [1.82, 2.24) is 9.78 Å². The van der Waals surface area contributed by atoms with Crippen LogP contribution < -0.4 is 0 Å². The molecule has 86 valence electrons. The van der Waals surface area contributed by atoms with Crippen LogP contribution in [-0.2, 0) is 6.42 Å². The molecule has 3 heteroatoms. The summed E-state index contributed by atoms with van der Waals surface area (Å²) in [6, 6.07) is 2.66. The fourth-order valence-corrected chi connectivity index (χ4v) is 1.68. The molecule has 0 N–H and O–H groups in total. The van der Waals surface area contributed by atoms with Crippen molar-refractivity contribution in [3.63, 3.8) is 0 Å². The Hall–Kier alpha value is -0.310. The molecular weight excluding hydrogens is 252 g/mol. The van der Waals surface area contributed by atoms with Crippen LogP contribution in [0.2, 0.25) is 0 Å². The minimum Gasteiger partial charge on any atom is -0.270 e. The highest BCUT2D eigenvalue weighted by molar-refractivity contribution is 9.09. The number of halogens is 1. The van der Waals surface area contributed by atoms with E-state index in [2.05, 4.69) is 58.7 Å². The number of alkyl halides is 1. The average molecular weight is 273 g/mol. The molecule has 0 aliphatic rings. The molecule has 0 amide bonds. The monoisotopic (exact) mass is 272 g/mol. The maximum atomic E-state index is 4.58. The standard InChI is InChI=1S/C12H21BrN2/c1-4-10(3)15-9-8-12(14-15)7-6-11(13)5-2/h8-11H,4-7H2,1-3H3. The van der Waals surface area contributed by atoms with Gasteiger partial charge in [-0.1, -0.05) is 29.8 Å². The predicted octanol–water partition coefficient (Wildman–Crippen LogP) is 3.96. The fraction of sp³-hybridized carbons (Fsp3) is 0.750. The van der Waals surface area contributed by atoms with Crippen LogP contribution in [0, 0.1) is 0 Å². The quantitative estimate of drug-likeness (QED) is 0.717. The molecule has 0 aliphatic heterocycles. The van der Waals surface area contributed by atoms with Crippen LogP contribution in [0.4, 0.5) is 0 Å². The van der Waals surface area contributed by atoms with E-state index in [1.54, 1.807) is 0 Å². The van der Waals surface area contributed by atoms with E-state index in [-0.39, 0.29) is 0 Å². The van der Waals surface area contributed by atoms with Gasteiger partial charge < -0.3 is 0 Å². The van der Waals surface area contributed by atoms with Crippen LogP contribution in [0.5, 0.6) is 0 Å². The molecule has 0 saturated heterocycles. The average Bonchev–Trinajstić information content (AvgIpc) is 2.73. The molecule has 0 saturated carbocycles. The van der Waals surface area contributed by atoms with E-state index >= 15 is 0 Å². The van der Waals surface area contributed by atoms with Crippen LogP contribution >= 0.6 is 15.9 Å². The number of rotatable bonds is 6. The first-order chi connectivity index (χ1) is 7.17. The lowest BCUT2D eigenvalue weighted by Crippen LogP contribution is -2.05. The first-order valence-electron chi connectivity index (χ1n) is 5.85. The van der Waals surface area contributed by atoms with Crippen molar-refractivity contribution >= 4 is 15.9 Å². The summed E-state index contributed by atoms with van der Waals surface area (Å²) in [7, 11) is 0. The Morgan fingerprint density at radius 2 is 2.13 bits per heavy atom. The van der Waals surface area contributed by atoms with E-state index in [9.17, 15) is 0 Å². The number of aromatic nitrogens is 2. The molecule has 2 nitrogen and oxygen atoms in total. The minimum atomic E-state index is 0.518. The van der Waals surface area contributed by atoms with Crippen LogP contribution in [0.15, 0.2) is 12.3 Å². The Bertz CT molecular complexity index is 283. The second-order valence-corrected chi connectivity index (χ2v) is 5.38. The number of hydrogen-bond acceptors (Lipinski definition) is 1. The van der Waals surface area contributed by atoms with Gasteiger partial charge in [0.1, 0.15) is 0 Å². The van der Waals surface area contributed by atoms with Crippen molar-refractivity contribution < 1.29 is 0 Å². The van der Waals surface area contributed by atoms with Crippen LogP contribution in [-0.4, -0.2) is 14.6 Å². The topological polar surface area (TPSA) is 17.8 Å². The first-order valence-corrected chi connectivity index (χ1v) is 6.77. The molecule has 0 spiro atoms. The smallest absolute Gasteiger partial charge is 0.0625 e. The van der Waals surface area contributed by atoms with Gasteiger partial charge in [-0.3, -0.25) is 4.68 Å². The van der Waals surface area contributed by atoms with Gasteiger partial charge in [0.15, 0.2) is 0 Å². The largest absolute Gasteiger partial charge is 0.270 e. The van der Waals surface area contributed by atoms with Crippen LogP contribution in [0.3, 0.4) is 0 Å². The summed E-state index contributed by atoms with van der Waals surface area (Å²) in [5, 5.41) is 4.58. The van der Waals surface area contributed by atoms with E-state index in [0.717, 1.165) is 12.8 Å². The van der Waals surface area contributed by atoms with Crippen molar-refractivity contribution in [2.24, 2.45) is 0 Å². The molecular formula is C12H21BrN2. The molecule has 0 radical (unpaired) electrons. The lowest BCUT2D eigenvalue weighted by Gasteiger charge is -2.08. The summed E-state index contributed by atoms with van der Waals surface area (Å²) in [6.45, 7) is 6.60. The molecule has 0 aliphatic carbocycles. The molecule has 0 aromatic carbocycles. The van der Waals surface area contributed by atoms with Crippen molar-refractivity contribution in [3.8, 4) is 0 Å². The molecule has 0 fully saturated rings. The Kier molecular flexibility index (Phi) is 5.37. The van der Waals surface area contributed by atoms with Gasteiger partial charge >= 0.3 is 0 Å². The van der Waals surface area contributed by atoms with Crippen LogP contribution in [0.25, 0.3) is 0 Å². The molecule has 1 aromatic heterocycles. The van der Waals surface area contributed by atoms with Gasteiger partial charge in [-0.25, -0.2) is 0 Å². The van der Waals surface area contributed by atoms with Crippen molar-refractivity contribution in [1.29, 1.82) is 0 Å². The zero-order chi connectivity index (χ0) is 11.3. The third-order valence-corrected chi connectivity index (χ3v) is 3.97. The van der Waals surface area contributed by atoms with Gasteiger partial charge in [0.2, 0.25) is 0 Å². The summed E-state index contributed by atoms with van der Waals surface area (Å²) in [4.78, 5) is 0.631. The molecule has 1 heterocycles. The van der Waals surface area contributed by atoms with Crippen molar-refractivity contribution in [3.05, 3.63) is 18.0 Å². The molecule has 2 unspecified atom stereocenters. The first kappa shape index (κ1) is 12.8. The summed E-state index contributed by atoms with van der Waals surface area (Å²) in [6.07, 6.45) is 6.67. The fourth-order valence-electron chi connectivity index (χ4n) is 1.45. The van der Waals surface area contributed by atoms with Gasteiger partial charge in [-0.05, 0) is 38.7 Å². The normalized spacial score (nSPS) is 15.2.